The standard InChI is InChI=1S/C61H118O17P2/c1-6-9-12-15-17-19-21-23-24-26-28-30-36-41-46-60(65)77-57(51-72-59(64)45-40-35-29-27-25-22-20-18-16-13-10-7-2)53-76-80(69,70)74-49-55(62)48-73-79(67,68)75-52-56(50-71-58(63)44-39-33-14-11-8-3)78-61(66)47-42-37-32-31-34-38-43-54(4)5/h54-57,62H,6-53H2,1-5H3,(H,67,68)(H,69,70)/t55-,56+,57+/m0/s1. The van der Waals surface area contributed by atoms with Gasteiger partial charge in [-0.2, -0.15) is 0 Å². The Bertz CT molecular complexity index is 1570. The molecule has 19 heteroatoms. The molecule has 0 saturated heterocycles. The number of hydrogen-bond donors (Lipinski definition) is 3. The summed E-state index contributed by atoms with van der Waals surface area (Å²) >= 11 is 0. The lowest BCUT2D eigenvalue weighted by Crippen LogP contribution is -2.30. The Morgan fingerprint density at radius 1 is 0.338 bits per heavy atom. The van der Waals surface area contributed by atoms with Crippen molar-refractivity contribution in [2.45, 2.75) is 323 Å². The van der Waals surface area contributed by atoms with Crippen LogP contribution in [0.2, 0.25) is 0 Å². The highest BCUT2D eigenvalue weighted by Crippen LogP contribution is 2.45. The van der Waals surface area contributed by atoms with Gasteiger partial charge in [0.25, 0.3) is 0 Å². The molecule has 0 aliphatic carbocycles. The molecular weight excluding hydrogens is 1070 g/mol. The van der Waals surface area contributed by atoms with E-state index in [0.717, 1.165) is 96.3 Å². The first kappa shape index (κ1) is 78.1. The number of esters is 4. The third-order valence-electron chi connectivity index (χ3n) is 14.0. The lowest BCUT2D eigenvalue weighted by molar-refractivity contribution is -0.161. The van der Waals surface area contributed by atoms with E-state index >= 15 is 0 Å². The second-order valence-electron chi connectivity index (χ2n) is 22.6. The molecular formula is C61H118O17P2. The van der Waals surface area contributed by atoms with Crippen molar-refractivity contribution in [1.29, 1.82) is 0 Å². The molecule has 0 aromatic carbocycles. The van der Waals surface area contributed by atoms with E-state index in [2.05, 4.69) is 34.6 Å². The lowest BCUT2D eigenvalue weighted by Gasteiger charge is -2.21. The Hall–Kier alpha value is -1.94. The van der Waals surface area contributed by atoms with Gasteiger partial charge in [-0.15, -0.1) is 0 Å². The van der Waals surface area contributed by atoms with Crippen molar-refractivity contribution in [3.05, 3.63) is 0 Å². The summed E-state index contributed by atoms with van der Waals surface area (Å²) in [6.45, 7) is 6.99. The van der Waals surface area contributed by atoms with Crippen LogP contribution in [0.3, 0.4) is 0 Å². The Morgan fingerprint density at radius 3 is 0.850 bits per heavy atom. The quantitative estimate of drug-likeness (QED) is 0.0222. The van der Waals surface area contributed by atoms with Crippen molar-refractivity contribution in [1.82, 2.24) is 0 Å². The van der Waals surface area contributed by atoms with Crippen molar-refractivity contribution in [2.24, 2.45) is 5.92 Å². The van der Waals surface area contributed by atoms with Gasteiger partial charge in [0.2, 0.25) is 0 Å². The molecule has 0 aliphatic rings. The first-order chi connectivity index (χ1) is 38.5. The van der Waals surface area contributed by atoms with Crippen LogP contribution in [0.5, 0.6) is 0 Å². The fourth-order valence-corrected chi connectivity index (χ4v) is 10.6. The van der Waals surface area contributed by atoms with Crippen LogP contribution in [0.4, 0.5) is 0 Å². The van der Waals surface area contributed by atoms with Crippen LogP contribution in [0.1, 0.15) is 304 Å². The topological polar surface area (TPSA) is 237 Å². The maximum atomic E-state index is 12.9. The Kier molecular flexibility index (Phi) is 53.6. The molecule has 0 aromatic rings. The van der Waals surface area contributed by atoms with Crippen molar-refractivity contribution < 1.29 is 80.2 Å². The van der Waals surface area contributed by atoms with Gasteiger partial charge in [-0.3, -0.25) is 37.3 Å². The average molecular weight is 1190 g/mol. The van der Waals surface area contributed by atoms with Crippen LogP contribution in [0.25, 0.3) is 0 Å². The summed E-state index contributed by atoms with van der Waals surface area (Å²) < 4.78 is 67.7. The minimum absolute atomic E-state index is 0.101. The fourth-order valence-electron chi connectivity index (χ4n) is 9.05. The van der Waals surface area contributed by atoms with Crippen LogP contribution >= 0.6 is 15.6 Å². The molecule has 3 N–H and O–H groups in total. The van der Waals surface area contributed by atoms with Crippen LogP contribution in [0, 0.1) is 5.92 Å². The average Bonchev–Trinajstić information content (AvgIpc) is 3.42. The molecule has 0 heterocycles. The van der Waals surface area contributed by atoms with Gasteiger partial charge in [0.1, 0.15) is 19.3 Å². The molecule has 2 unspecified atom stereocenters. The Labute approximate surface area is 486 Å². The van der Waals surface area contributed by atoms with Gasteiger partial charge in [0.15, 0.2) is 12.2 Å². The normalized spacial score (nSPS) is 14.3. The summed E-state index contributed by atoms with van der Waals surface area (Å²) in [7, 11) is -9.87. The molecule has 0 saturated carbocycles. The number of rotatable bonds is 61. The third-order valence-corrected chi connectivity index (χ3v) is 15.9. The summed E-state index contributed by atoms with van der Waals surface area (Å²) in [6.07, 6.45) is 38.0. The second-order valence-corrected chi connectivity index (χ2v) is 25.5. The number of carbonyl (C=O) groups excluding carboxylic acids is 4. The van der Waals surface area contributed by atoms with Crippen LogP contribution in [0.15, 0.2) is 0 Å². The minimum atomic E-state index is -4.94. The number of phosphoric acid groups is 2. The van der Waals surface area contributed by atoms with Crippen molar-refractivity contribution in [3.8, 4) is 0 Å². The van der Waals surface area contributed by atoms with E-state index in [1.165, 1.54) is 122 Å². The lowest BCUT2D eigenvalue weighted by atomic mass is 10.0. The van der Waals surface area contributed by atoms with Gasteiger partial charge < -0.3 is 33.8 Å². The number of hydrogen-bond acceptors (Lipinski definition) is 15. The zero-order chi connectivity index (χ0) is 59.2. The minimum Gasteiger partial charge on any atom is -0.462 e. The van der Waals surface area contributed by atoms with Crippen molar-refractivity contribution in [3.63, 3.8) is 0 Å². The zero-order valence-corrected chi connectivity index (χ0v) is 53.0. The van der Waals surface area contributed by atoms with E-state index in [4.69, 9.17) is 37.0 Å². The largest absolute Gasteiger partial charge is 0.472 e. The van der Waals surface area contributed by atoms with Gasteiger partial charge in [-0.1, -0.05) is 253 Å². The molecule has 0 aromatic heterocycles. The summed E-state index contributed by atoms with van der Waals surface area (Å²) in [4.78, 5) is 71.8. The molecule has 0 radical (unpaired) electrons. The van der Waals surface area contributed by atoms with Crippen molar-refractivity contribution >= 4 is 39.5 Å². The monoisotopic (exact) mass is 1180 g/mol. The zero-order valence-electron chi connectivity index (χ0n) is 51.2. The molecule has 0 bridgehead atoms. The van der Waals surface area contributed by atoms with E-state index < -0.39 is 97.5 Å². The number of phosphoric ester groups is 2. The molecule has 0 aliphatic heterocycles. The number of unbranched alkanes of at least 4 members (excludes halogenated alkanes) is 33. The summed E-state index contributed by atoms with van der Waals surface area (Å²) in [6, 6.07) is 0. The van der Waals surface area contributed by atoms with Crippen molar-refractivity contribution in [2.75, 3.05) is 39.6 Å². The van der Waals surface area contributed by atoms with Crippen LogP contribution < -0.4 is 0 Å². The number of aliphatic hydroxyl groups excluding tert-OH is 1. The predicted molar refractivity (Wildman–Crippen MR) is 317 cm³/mol. The van der Waals surface area contributed by atoms with E-state index in [1.54, 1.807) is 0 Å². The van der Waals surface area contributed by atoms with Gasteiger partial charge in [0, 0.05) is 25.7 Å². The maximum absolute atomic E-state index is 12.9. The first-order valence-electron chi connectivity index (χ1n) is 32.1. The van der Waals surface area contributed by atoms with E-state index in [9.17, 15) is 43.2 Å². The molecule has 0 spiro atoms. The van der Waals surface area contributed by atoms with Crippen LogP contribution in [-0.2, 0) is 65.4 Å². The van der Waals surface area contributed by atoms with E-state index in [-0.39, 0.29) is 25.7 Å². The second kappa shape index (κ2) is 55.0. The third kappa shape index (κ3) is 55.3. The van der Waals surface area contributed by atoms with Gasteiger partial charge in [-0.05, 0) is 31.6 Å². The predicted octanol–water partition coefficient (Wildman–Crippen LogP) is 16.6. The highest BCUT2D eigenvalue weighted by molar-refractivity contribution is 7.47. The molecule has 17 nitrogen and oxygen atoms in total. The SMILES string of the molecule is CCCCCCCCCCCCCCCCC(=O)O[C@H](COC(=O)CCCCCCCCCCCCCC)COP(=O)(O)OC[C@@H](O)COP(=O)(O)OC[C@@H](COC(=O)CCCCCCC)OC(=O)CCCCCCCCC(C)C. The van der Waals surface area contributed by atoms with E-state index in [0.29, 0.717) is 31.6 Å². The smallest absolute Gasteiger partial charge is 0.462 e. The van der Waals surface area contributed by atoms with Gasteiger partial charge in [0.05, 0.1) is 26.4 Å². The van der Waals surface area contributed by atoms with Crippen LogP contribution in [-0.4, -0.2) is 96.7 Å². The summed E-state index contributed by atoms with van der Waals surface area (Å²) in [5.41, 5.74) is 0. The number of carbonyl (C=O) groups is 4. The molecule has 80 heavy (non-hydrogen) atoms. The molecule has 0 fully saturated rings. The summed E-state index contributed by atoms with van der Waals surface area (Å²) in [5, 5.41) is 10.5. The molecule has 5 atom stereocenters. The fraction of sp³-hybridized carbons (Fsp3) is 0.934. The Morgan fingerprint density at radius 2 is 0.575 bits per heavy atom. The van der Waals surface area contributed by atoms with Gasteiger partial charge in [-0.25, -0.2) is 9.13 Å². The molecule has 0 amide bonds. The highest BCUT2D eigenvalue weighted by atomic mass is 31.2. The highest BCUT2D eigenvalue weighted by Gasteiger charge is 2.30. The van der Waals surface area contributed by atoms with E-state index in [1.807, 2.05) is 0 Å². The molecule has 0 rings (SSSR count). The van der Waals surface area contributed by atoms with Gasteiger partial charge >= 0.3 is 39.5 Å². The first-order valence-corrected chi connectivity index (χ1v) is 35.1. The number of ether oxygens (including phenoxy) is 4. The number of aliphatic hydroxyl groups is 1. The maximum Gasteiger partial charge on any atom is 0.472 e. The Balaban J connectivity index is 5.18. The summed E-state index contributed by atoms with van der Waals surface area (Å²) in [5.74, 6) is -1.48. The molecule has 474 valence electrons.